The van der Waals surface area contributed by atoms with Crippen LogP contribution in [0, 0.1) is 5.92 Å². The van der Waals surface area contributed by atoms with Crippen molar-refractivity contribution in [1.29, 1.82) is 0 Å². The second-order valence-corrected chi connectivity index (χ2v) is 5.42. The van der Waals surface area contributed by atoms with E-state index in [-0.39, 0.29) is 18.7 Å². The van der Waals surface area contributed by atoms with E-state index in [0.717, 1.165) is 0 Å². The van der Waals surface area contributed by atoms with Gasteiger partial charge in [0.25, 0.3) is 0 Å². The SMILES string of the molecule is CC(=O)c1cccc(NC(=O)C2CC(=O)N(CC(F)(F)F)C2)c1. The van der Waals surface area contributed by atoms with Crippen molar-refractivity contribution >= 4 is 23.3 Å². The molecule has 2 amide bonds. The molecule has 1 aromatic carbocycles. The molecule has 1 heterocycles. The number of ketones is 1. The largest absolute Gasteiger partial charge is 0.406 e. The summed E-state index contributed by atoms with van der Waals surface area (Å²) in [5.41, 5.74) is 0.772. The molecule has 0 aromatic heterocycles. The normalized spacial score (nSPS) is 18.2. The molecule has 0 radical (unpaired) electrons. The number of amides is 2. The van der Waals surface area contributed by atoms with Gasteiger partial charge in [-0.15, -0.1) is 0 Å². The number of carbonyl (C=O) groups is 3. The van der Waals surface area contributed by atoms with Crippen molar-refractivity contribution in [3.05, 3.63) is 29.8 Å². The quantitative estimate of drug-likeness (QED) is 0.862. The fraction of sp³-hybridized carbons (Fsp3) is 0.400. The molecule has 23 heavy (non-hydrogen) atoms. The zero-order chi connectivity index (χ0) is 17.2. The Bertz CT molecular complexity index is 643. The number of likely N-dealkylation sites (tertiary alicyclic amines) is 1. The molecule has 1 aliphatic rings. The second kappa shape index (κ2) is 6.39. The molecule has 1 unspecified atom stereocenters. The highest BCUT2D eigenvalue weighted by Gasteiger charge is 2.40. The molecule has 1 aromatic rings. The fourth-order valence-corrected chi connectivity index (χ4v) is 2.38. The fourth-order valence-electron chi connectivity index (χ4n) is 2.38. The van der Waals surface area contributed by atoms with Crippen LogP contribution in [0.15, 0.2) is 24.3 Å². The van der Waals surface area contributed by atoms with Gasteiger partial charge in [-0.25, -0.2) is 0 Å². The number of rotatable bonds is 4. The Hall–Kier alpha value is -2.38. The Morgan fingerprint density at radius 3 is 2.65 bits per heavy atom. The molecule has 1 saturated heterocycles. The summed E-state index contributed by atoms with van der Waals surface area (Å²) in [5.74, 6) is -2.25. The van der Waals surface area contributed by atoms with Gasteiger partial charge in [0.05, 0.1) is 5.92 Å². The summed E-state index contributed by atoms with van der Waals surface area (Å²) in [7, 11) is 0. The minimum absolute atomic E-state index is 0.173. The molecule has 8 heteroatoms. The van der Waals surface area contributed by atoms with E-state index in [1.54, 1.807) is 18.2 Å². The molecular formula is C15H15F3N2O3. The molecule has 1 atom stereocenters. The van der Waals surface area contributed by atoms with Crippen LogP contribution in [0.5, 0.6) is 0 Å². The first-order chi connectivity index (χ1) is 10.7. The molecule has 0 aliphatic carbocycles. The minimum atomic E-state index is -4.49. The highest BCUT2D eigenvalue weighted by atomic mass is 19.4. The maximum atomic E-state index is 12.3. The van der Waals surface area contributed by atoms with Gasteiger partial charge >= 0.3 is 6.18 Å². The third-order valence-corrected chi connectivity index (χ3v) is 3.49. The Kier molecular flexibility index (Phi) is 4.72. The van der Waals surface area contributed by atoms with Crippen LogP contribution < -0.4 is 5.32 Å². The molecule has 2 rings (SSSR count). The molecule has 0 saturated carbocycles. The monoisotopic (exact) mass is 328 g/mol. The van der Waals surface area contributed by atoms with Crippen LogP contribution in [0.4, 0.5) is 18.9 Å². The first-order valence-corrected chi connectivity index (χ1v) is 6.92. The van der Waals surface area contributed by atoms with Crippen LogP contribution in [0.1, 0.15) is 23.7 Å². The lowest BCUT2D eigenvalue weighted by molar-refractivity contribution is -0.157. The van der Waals surface area contributed by atoms with E-state index in [1.807, 2.05) is 0 Å². The van der Waals surface area contributed by atoms with E-state index >= 15 is 0 Å². The van der Waals surface area contributed by atoms with Gasteiger partial charge in [0, 0.05) is 24.2 Å². The topological polar surface area (TPSA) is 66.5 Å². The van der Waals surface area contributed by atoms with Crippen molar-refractivity contribution in [2.45, 2.75) is 19.5 Å². The minimum Gasteiger partial charge on any atom is -0.333 e. The van der Waals surface area contributed by atoms with Gasteiger partial charge in [-0.05, 0) is 19.1 Å². The van der Waals surface area contributed by atoms with Crippen LogP contribution in [0.25, 0.3) is 0 Å². The van der Waals surface area contributed by atoms with E-state index < -0.39 is 30.5 Å². The third kappa shape index (κ3) is 4.54. The molecular weight excluding hydrogens is 313 g/mol. The summed E-state index contributed by atoms with van der Waals surface area (Å²) in [6, 6.07) is 6.21. The molecule has 124 valence electrons. The highest BCUT2D eigenvalue weighted by molar-refractivity contribution is 5.99. The lowest BCUT2D eigenvalue weighted by Crippen LogP contribution is -2.36. The number of anilines is 1. The number of hydrogen-bond acceptors (Lipinski definition) is 3. The van der Waals surface area contributed by atoms with Gasteiger partial charge in [-0.2, -0.15) is 13.2 Å². The van der Waals surface area contributed by atoms with E-state index in [9.17, 15) is 27.6 Å². The predicted molar refractivity (Wildman–Crippen MR) is 75.8 cm³/mol. The first-order valence-electron chi connectivity index (χ1n) is 6.92. The number of nitrogens with zero attached hydrogens (tertiary/aromatic N) is 1. The van der Waals surface area contributed by atoms with Crippen LogP contribution >= 0.6 is 0 Å². The summed E-state index contributed by atoms with van der Waals surface area (Å²) in [6.45, 7) is -0.238. The summed E-state index contributed by atoms with van der Waals surface area (Å²) in [5, 5.41) is 2.53. The lowest BCUT2D eigenvalue weighted by Gasteiger charge is -2.18. The number of halogens is 3. The van der Waals surface area contributed by atoms with Gasteiger partial charge in [0.2, 0.25) is 11.8 Å². The number of benzene rings is 1. The van der Waals surface area contributed by atoms with Gasteiger partial charge in [0.1, 0.15) is 6.54 Å². The number of hydrogen-bond donors (Lipinski definition) is 1. The van der Waals surface area contributed by atoms with Crippen molar-refractivity contribution in [1.82, 2.24) is 4.90 Å². The van der Waals surface area contributed by atoms with Crippen molar-refractivity contribution < 1.29 is 27.6 Å². The van der Waals surface area contributed by atoms with Crippen molar-refractivity contribution in [2.24, 2.45) is 5.92 Å². The predicted octanol–water partition coefficient (Wildman–Crippen LogP) is 2.24. The van der Waals surface area contributed by atoms with Crippen molar-refractivity contribution in [3.8, 4) is 0 Å². The maximum Gasteiger partial charge on any atom is 0.406 e. The number of alkyl halides is 3. The van der Waals surface area contributed by atoms with E-state index in [2.05, 4.69) is 5.32 Å². The lowest BCUT2D eigenvalue weighted by atomic mass is 10.1. The third-order valence-electron chi connectivity index (χ3n) is 3.49. The smallest absolute Gasteiger partial charge is 0.333 e. The number of Topliss-reactive ketones (excluding diaryl/α,β-unsaturated/α-hetero) is 1. The first kappa shape index (κ1) is 17.0. The van der Waals surface area contributed by atoms with Crippen LogP contribution in [0.3, 0.4) is 0 Å². The maximum absolute atomic E-state index is 12.3. The van der Waals surface area contributed by atoms with Crippen LogP contribution in [-0.4, -0.2) is 41.8 Å². The summed E-state index contributed by atoms with van der Waals surface area (Å²) in [6.07, 6.45) is -4.74. The summed E-state index contributed by atoms with van der Waals surface area (Å²) >= 11 is 0. The zero-order valence-electron chi connectivity index (χ0n) is 12.3. The van der Waals surface area contributed by atoms with E-state index in [0.29, 0.717) is 16.2 Å². The second-order valence-electron chi connectivity index (χ2n) is 5.42. The standard InChI is InChI=1S/C15H15F3N2O3/c1-9(21)10-3-2-4-12(5-10)19-14(23)11-6-13(22)20(7-11)8-15(16,17)18/h2-5,11H,6-8H2,1H3,(H,19,23). The number of carbonyl (C=O) groups excluding carboxylic acids is 3. The Morgan fingerprint density at radius 2 is 2.04 bits per heavy atom. The Labute approximate surface area is 130 Å². The van der Waals surface area contributed by atoms with Gasteiger partial charge in [0.15, 0.2) is 5.78 Å². The van der Waals surface area contributed by atoms with Crippen LogP contribution in [0.2, 0.25) is 0 Å². The molecule has 0 spiro atoms. The zero-order valence-corrected chi connectivity index (χ0v) is 12.3. The average molecular weight is 328 g/mol. The van der Waals surface area contributed by atoms with Gasteiger partial charge in [-0.3, -0.25) is 14.4 Å². The van der Waals surface area contributed by atoms with Crippen molar-refractivity contribution in [2.75, 3.05) is 18.4 Å². The highest BCUT2D eigenvalue weighted by Crippen LogP contribution is 2.25. The van der Waals surface area contributed by atoms with E-state index in [4.69, 9.17) is 0 Å². The van der Waals surface area contributed by atoms with Gasteiger partial charge in [-0.1, -0.05) is 12.1 Å². The Morgan fingerprint density at radius 1 is 1.35 bits per heavy atom. The van der Waals surface area contributed by atoms with Gasteiger partial charge < -0.3 is 10.2 Å². The van der Waals surface area contributed by atoms with Crippen LogP contribution in [-0.2, 0) is 9.59 Å². The summed E-state index contributed by atoms with van der Waals surface area (Å²) in [4.78, 5) is 35.6. The molecule has 1 aliphatic heterocycles. The average Bonchev–Trinajstić information content (AvgIpc) is 2.78. The molecule has 1 N–H and O–H groups in total. The molecule has 1 fully saturated rings. The van der Waals surface area contributed by atoms with E-state index in [1.165, 1.54) is 13.0 Å². The van der Waals surface area contributed by atoms with Crippen molar-refractivity contribution in [3.63, 3.8) is 0 Å². The number of nitrogens with one attached hydrogen (secondary N) is 1. The molecule has 0 bridgehead atoms. The summed E-state index contributed by atoms with van der Waals surface area (Å²) < 4.78 is 37.0. The Balaban J connectivity index is 2.01. The molecule has 5 nitrogen and oxygen atoms in total.